The van der Waals surface area contributed by atoms with Crippen LogP contribution in [0, 0.1) is 5.92 Å². The van der Waals surface area contributed by atoms with Crippen molar-refractivity contribution >= 4 is 17.8 Å². The Bertz CT molecular complexity index is 417. The van der Waals surface area contributed by atoms with Crippen LogP contribution in [0.2, 0.25) is 0 Å². The molecule has 0 spiro atoms. The zero-order valence-electron chi connectivity index (χ0n) is 11.8. The summed E-state index contributed by atoms with van der Waals surface area (Å²) < 4.78 is 0. The average Bonchev–Trinajstić information content (AvgIpc) is 3.21. The summed E-state index contributed by atoms with van der Waals surface area (Å²) in [6.07, 6.45) is 4.96. The van der Waals surface area contributed by atoms with Crippen molar-refractivity contribution in [2.24, 2.45) is 11.8 Å². The fourth-order valence-electron chi connectivity index (χ4n) is 1.96. The molecule has 4 N–H and O–H groups in total. The van der Waals surface area contributed by atoms with E-state index in [1.807, 2.05) is 19.0 Å². The number of nitrogens with zero attached hydrogens (tertiary/aromatic N) is 4. The maximum Gasteiger partial charge on any atom is 0.243 e. The number of aromatic nitrogens is 3. The van der Waals surface area contributed by atoms with Crippen LogP contribution in [-0.2, 0) is 0 Å². The van der Waals surface area contributed by atoms with Gasteiger partial charge in [0.15, 0.2) is 0 Å². The molecule has 0 bridgehead atoms. The molecular formula is C12H23N7. The Morgan fingerprint density at radius 3 is 2.47 bits per heavy atom. The van der Waals surface area contributed by atoms with E-state index in [1.165, 1.54) is 19.3 Å². The quantitative estimate of drug-likeness (QED) is 0.504. The van der Waals surface area contributed by atoms with Gasteiger partial charge in [-0.25, -0.2) is 5.84 Å². The monoisotopic (exact) mass is 265 g/mol. The van der Waals surface area contributed by atoms with Crippen molar-refractivity contribution in [3.63, 3.8) is 0 Å². The summed E-state index contributed by atoms with van der Waals surface area (Å²) >= 11 is 0. The van der Waals surface area contributed by atoms with Gasteiger partial charge in [0.25, 0.3) is 0 Å². The molecule has 0 saturated heterocycles. The van der Waals surface area contributed by atoms with Gasteiger partial charge < -0.3 is 10.2 Å². The fourth-order valence-corrected chi connectivity index (χ4v) is 1.96. The number of nitrogens with two attached hydrogens (primary N) is 1. The van der Waals surface area contributed by atoms with E-state index >= 15 is 0 Å². The summed E-state index contributed by atoms with van der Waals surface area (Å²) in [4.78, 5) is 14.7. The highest BCUT2D eigenvalue weighted by Crippen LogP contribution is 2.34. The minimum absolute atomic E-state index is 0.377. The Hall–Kier alpha value is -1.63. The summed E-state index contributed by atoms with van der Waals surface area (Å²) in [5.41, 5.74) is 2.48. The van der Waals surface area contributed by atoms with Gasteiger partial charge in [-0.2, -0.15) is 15.0 Å². The summed E-state index contributed by atoms with van der Waals surface area (Å²) in [6.45, 7) is 2.18. The Balaban J connectivity index is 2.10. The first kappa shape index (κ1) is 13.8. The van der Waals surface area contributed by atoms with E-state index in [-0.39, 0.29) is 0 Å². The number of hydrazine groups is 1. The first-order chi connectivity index (χ1) is 9.12. The van der Waals surface area contributed by atoms with Gasteiger partial charge in [0.1, 0.15) is 0 Å². The minimum Gasteiger partial charge on any atom is -0.351 e. The molecule has 1 heterocycles. The molecule has 1 unspecified atom stereocenters. The largest absolute Gasteiger partial charge is 0.351 e. The average molecular weight is 265 g/mol. The van der Waals surface area contributed by atoms with Crippen LogP contribution in [0.5, 0.6) is 0 Å². The molecule has 0 radical (unpaired) electrons. The van der Waals surface area contributed by atoms with Crippen molar-refractivity contribution in [1.82, 2.24) is 15.0 Å². The first-order valence-electron chi connectivity index (χ1n) is 6.79. The number of hydrogen-bond acceptors (Lipinski definition) is 7. The lowest BCUT2D eigenvalue weighted by molar-refractivity contribution is 0.582. The van der Waals surface area contributed by atoms with E-state index in [9.17, 15) is 0 Å². The van der Waals surface area contributed by atoms with Crippen molar-refractivity contribution in [3.05, 3.63) is 0 Å². The van der Waals surface area contributed by atoms with Crippen LogP contribution in [-0.4, -0.2) is 35.1 Å². The van der Waals surface area contributed by atoms with Crippen molar-refractivity contribution in [2.45, 2.75) is 38.6 Å². The topological polar surface area (TPSA) is 92.0 Å². The highest BCUT2D eigenvalue weighted by atomic mass is 15.4. The number of rotatable bonds is 7. The van der Waals surface area contributed by atoms with Crippen molar-refractivity contribution in [3.8, 4) is 0 Å². The van der Waals surface area contributed by atoms with Crippen LogP contribution < -0.4 is 21.5 Å². The summed E-state index contributed by atoms with van der Waals surface area (Å²) in [5.74, 6) is 7.82. The summed E-state index contributed by atoms with van der Waals surface area (Å²) in [6, 6.07) is 0.413. The third-order valence-electron chi connectivity index (χ3n) is 3.29. The third kappa shape index (κ3) is 3.92. The summed E-state index contributed by atoms with van der Waals surface area (Å²) in [7, 11) is 3.78. The van der Waals surface area contributed by atoms with Crippen LogP contribution in [0.3, 0.4) is 0 Å². The van der Waals surface area contributed by atoms with E-state index in [2.05, 4.69) is 32.6 Å². The number of hydrogen-bond donors (Lipinski definition) is 3. The Morgan fingerprint density at radius 1 is 1.26 bits per heavy atom. The van der Waals surface area contributed by atoms with Crippen LogP contribution in [0.4, 0.5) is 17.8 Å². The van der Waals surface area contributed by atoms with Gasteiger partial charge in [0, 0.05) is 20.1 Å². The van der Waals surface area contributed by atoms with Gasteiger partial charge >= 0.3 is 0 Å². The van der Waals surface area contributed by atoms with E-state index < -0.39 is 0 Å². The van der Waals surface area contributed by atoms with Gasteiger partial charge in [-0.05, 0) is 18.8 Å². The molecule has 1 aromatic heterocycles. The lowest BCUT2D eigenvalue weighted by atomic mass is 10.1. The Morgan fingerprint density at radius 2 is 1.95 bits per heavy atom. The van der Waals surface area contributed by atoms with E-state index in [0.29, 0.717) is 23.9 Å². The third-order valence-corrected chi connectivity index (χ3v) is 3.29. The molecule has 1 aliphatic carbocycles. The van der Waals surface area contributed by atoms with Crippen LogP contribution in [0.15, 0.2) is 0 Å². The van der Waals surface area contributed by atoms with Crippen LogP contribution >= 0.6 is 0 Å². The molecular weight excluding hydrogens is 242 g/mol. The van der Waals surface area contributed by atoms with Crippen LogP contribution in [0.25, 0.3) is 0 Å². The second kappa shape index (κ2) is 6.01. The molecule has 1 saturated carbocycles. The van der Waals surface area contributed by atoms with E-state index in [1.54, 1.807) is 0 Å². The smallest absolute Gasteiger partial charge is 0.243 e. The molecule has 0 aliphatic heterocycles. The zero-order valence-corrected chi connectivity index (χ0v) is 11.8. The number of anilines is 3. The van der Waals surface area contributed by atoms with Crippen molar-refractivity contribution in [2.75, 3.05) is 29.7 Å². The highest BCUT2D eigenvalue weighted by molar-refractivity contribution is 5.42. The minimum atomic E-state index is 0.377. The molecule has 106 valence electrons. The van der Waals surface area contributed by atoms with E-state index in [0.717, 1.165) is 12.3 Å². The first-order valence-corrected chi connectivity index (χ1v) is 6.79. The Kier molecular flexibility index (Phi) is 4.36. The molecule has 7 nitrogen and oxygen atoms in total. The second-order valence-corrected chi connectivity index (χ2v) is 5.25. The molecule has 1 fully saturated rings. The SMILES string of the molecule is CCC(CC1CC1)Nc1nc(NN)nc(N(C)C)n1. The van der Waals surface area contributed by atoms with Gasteiger partial charge in [-0.3, -0.25) is 5.43 Å². The van der Waals surface area contributed by atoms with E-state index in [4.69, 9.17) is 5.84 Å². The predicted molar refractivity (Wildman–Crippen MR) is 77.0 cm³/mol. The predicted octanol–water partition coefficient (Wildman–Crippen LogP) is 1.21. The number of nitrogen functional groups attached to an aromatic ring is 1. The lowest BCUT2D eigenvalue weighted by Gasteiger charge is -2.18. The normalized spacial score (nSPS) is 16.0. The molecule has 2 rings (SSSR count). The molecule has 19 heavy (non-hydrogen) atoms. The van der Waals surface area contributed by atoms with Gasteiger partial charge in [-0.15, -0.1) is 0 Å². The Labute approximate surface area is 114 Å². The maximum absolute atomic E-state index is 5.39. The molecule has 1 aromatic rings. The molecule has 0 amide bonds. The van der Waals surface area contributed by atoms with Crippen molar-refractivity contribution in [1.29, 1.82) is 0 Å². The maximum atomic E-state index is 5.39. The molecule has 7 heteroatoms. The van der Waals surface area contributed by atoms with Gasteiger partial charge in [0.2, 0.25) is 17.8 Å². The van der Waals surface area contributed by atoms with Crippen LogP contribution in [0.1, 0.15) is 32.6 Å². The standard InChI is InChI=1S/C12H23N7/c1-4-9(7-8-5-6-8)14-10-15-11(18-13)17-12(16-10)19(2)3/h8-9H,4-7,13H2,1-3H3,(H2,14,15,16,17,18). The zero-order chi connectivity index (χ0) is 13.8. The highest BCUT2D eigenvalue weighted by Gasteiger charge is 2.25. The van der Waals surface area contributed by atoms with Gasteiger partial charge in [-0.1, -0.05) is 19.8 Å². The summed E-state index contributed by atoms with van der Waals surface area (Å²) in [5, 5.41) is 3.39. The second-order valence-electron chi connectivity index (χ2n) is 5.25. The lowest BCUT2D eigenvalue weighted by Crippen LogP contribution is -2.24. The fraction of sp³-hybridized carbons (Fsp3) is 0.750. The molecule has 1 aliphatic rings. The molecule has 1 atom stereocenters. The number of nitrogens with one attached hydrogen (secondary N) is 2. The molecule has 0 aromatic carbocycles. The van der Waals surface area contributed by atoms with Gasteiger partial charge in [0.05, 0.1) is 0 Å². The van der Waals surface area contributed by atoms with Crippen molar-refractivity contribution < 1.29 is 0 Å².